The molecule has 0 heterocycles. The standard InChI is InChI=1S/C27H30N4O6S/c1-20(2)28-27(33)21(3)29(18-22-10-6-4-7-11-22)26(32)19-30(23-14-16-24(17-15-23)31(34)35)38(36,37)25-12-8-5-9-13-25/h4-17,20-21H,18-19H2,1-3H3,(H,28,33). The number of hydrogen-bond acceptors (Lipinski definition) is 6. The molecule has 3 rings (SSSR count). The van der Waals surface area contributed by atoms with E-state index in [0.717, 1.165) is 9.87 Å². The van der Waals surface area contributed by atoms with Gasteiger partial charge in [-0.15, -0.1) is 0 Å². The number of hydrogen-bond donors (Lipinski definition) is 1. The Kier molecular flexibility index (Phi) is 9.19. The Hall–Kier alpha value is -4.25. The molecule has 200 valence electrons. The number of nitrogens with one attached hydrogen (secondary N) is 1. The van der Waals surface area contributed by atoms with Crippen LogP contribution in [0.2, 0.25) is 0 Å². The van der Waals surface area contributed by atoms with Crippen molar-refractivity contribution < 1.29 is 22.9 Å². The number of carbonyl (C=O) groups excluding carboxylic acids is 2. The molecule has 0 aliphatic heterocycles. The molecule has 3 aromatic carbocycles. The first-order valence-corrected chi connectivity index (χ1v) is 13.4. The number of nitro groups is 1. The van der Waals surface area contributed by atoms with Crippen molar-refractivity contribution in [2.24, 2.45) is 0 Å². The van der Waals surface area contributed by atoms with Gasteiger partial charge in [-0.05, 0) is 50.6 Å². The van der Waals surface area contributed by atoms with Crippen LogP contribution in [0.4, 0.5) is 11.4 Å². The first-order valence-electron chi connectivity index (χ1n) is 12.0. The lowest BCUT2D eigenvalue weighted by molar-refractivity contribution is -0.384. The summed E-state index contributed by atoms with van der Waals surface area (Å²) in [5.74, 6) is -0.991. The molecule has 0 radical (unpaired) electrons. The SMILES string of the molecule is CC(C)NC(=O)C(C)N(Cc1ccccc1)C(=O)CN(c1ccc([N+](=O)[O-])cc1)S(=O)(=O)c1ccccc1. The minimum Gasteiger partial charge on any atom is -0.352 e. The van der Waals surface area contributed by atoms with E-state index in [-0.39, 0.29) is 34.8 Å². The molecule has 0 bridgehead atoms. The fraction of sp³-hybridized carbons (Fsp3) is 0.259. The second-order valence-corrected chi connectivity index (χ2v) is 10.8. The van der Waals surface area contributed by atoms with Crippen LogP contribution in [0.5, 0.6) is 0 Å². The van der Waals surface area contributed by atoms with E-state index in [0.29, 0.717) is 0 Å². The molecule has 11 heteroatoms. The fourth-order valence-electron chi connectivity index (χ4n) is 3.76. The van der Waals surface area contributed by atoms with Gasteiger partial charge in [-0.1, -0.05) is 48.5 Å². The summed E-state index contributed by atoms with van der Waals surface area (Å²) >= 11 is 0. The number of sulfonamides is 1. The van der Waals surface area contributed by atoms with Crippen LogP contribution in [-0.4, -0.2) is 48.7 Å². The molecule has 1 unspecified atom stereocenters. The third kappa shape index (κ3) is 6.94. The predicted molar refractivity (Wildman–Crippen MR) is 144 cm³/mol. The molecule has 1 N–H and O–H groups in total. The zero-order chi connectivity index (χ0) is 27.9. The second kappa shape index (κ2) is 12.3. The van der Waals surface area contributed by atoms with Crippen LogP contribution in [0.1, 0.15) is 26.3 Å². The molecular weight excluding hydrogens is 508 g/mol. The number of carbonyl (C=O) groups is 2. The summed E-state index contributed by atoms with van der Waals surface area (Å²) in [5.41, 5.74) is 0.617. The Morgan fingerprint density at radius 2 is 1.45 bits per heavy atom. The van der Waals surface area contributed by atoms with Gasteiger partial charge in [-0.2, -0.15) is 0 Å². The molecule has 0 spiro atoms. The van der Waals surface area contributed by atoms with Crippen LogP contribution in [0.25, 0.3) is 0 Å². The zero-order valence-electron chi connectivity index (χ0n) is 21.4. The number of nitrogens with zero attached hydrogens (tertiary/aromatic N) is 3. The van der Waals surface area contributed by atoms with E-state index >= 15 is 0 Å². The van der Waals surface area contributed by atoms with Crippen molar-refractivity contribution in [1.29, 1.82) is 0 Å². The van der Waals surface area contributed by atoms with Crippen LogP contribution >= 0.6 is 0 Å². The monoisotopic (exact) mass is 538 g/mol. The van der Waals surface area contributed by atoms with E-state index in [1.165, 1.54) is 41.3 Å². The van der Waals surface area contributed by atoms with Gasteiger partial charge < -0.3 is 10.2 Å². The Morgan fingerprint density at radius 1 is 0.895 bits per heavy atom. The van der Waals surface area contributed by atoms with Gasteiger partial charge in [0, 0.05) is 24.7 Å². The first-order chi connectivity index (χ1) is 18.0. The van der Waals surface area contributed by atoms with Crippen molar-refractivity contribution >= 4 is 33.2 Å². The molecule has 1 atom stereocenters. The highest BCUT2D eigenvalue weighted by Gasteiger charge is 2.32. The highest BCUT2D eigenvalue weighted by Crippen LogP contribution is 2.26. The Bertz CT molecular complexity index is 1360. The fourth-order valence-corrected chi connectivity index (χ4v) is 5.19. The Balaban J connectivity index is 2.02. The zero-order valence-corrected chi connectivity index (χ0v) is 22.2. The van der Waals surface area contributed by atoms with Gasteiger partial charge in [-0.3, -0.25) is 24.0 Å². The van der Waals surface area contributed by atoms with E-state index < -0.39 is 33.4 Å². The van der Waals surface area contributed by atoms with Crippen molar-refractivity contribution in [3.8, 4) is 0 Å². The number of non-ortho nitro benzene ring substituents is 1. The maximum Gasteiger partial charge on any atom is 0.269 e. The van der Waals surface area contributed by atoms with Crippen LogP contribution < -0.4 is 9.62 Å². The third-order valence-electron chi connectivity index (χ3n) is 5.75. The van der Waals surface area contributed by atoms with Gasteiger partial charge >= 0.3 is 0 Å². The van der Waals surface area contributed by atoms with Gasteiger partial charge in [0.1, 0.15) is 12.6 Å². The first kappa shape index (κ1) is 28.3. The quantitative estimate of drug-likeness (QED) is 0.292. The highest BCUT2D eigenvalue weighted by atomic mass is 32.2. The minimum absolute atomic E-state index is 0.0497. The number of anilines is 1. The summed E-state index contributed by atoms with van der Waals surface area (Å²) in [4.78, 5) is 38.4. The predicted octanol–water partition coefficient (Wildman–Crippen LogP) is 3.73. The summed E-state index contributed by atoms with van der Waals surface area (Å²) in [7, 11) is -4.24. The lowest BCUT2D eigenvalue weighted by Gasteiger charge is -2.32. The van der Waals surface area contributed by atoms with E-state index in [9.17, 15) is 28.1 Å². The molecule has 0 aliphatic rings. The number of rotatable bonds is 11. The summed E-state index contributed by atoms with van der Waals surface area (Å²) < 4.78 is 28.2. The molecule has 0 saturated carbocycles. The molecule has 0 saturated heterocycles. The maximum atomic E-state index is 13.7. The van der Waals surface area contributed by atoms with Crippen LogP contribution in [0.3, 0.4) is 0 Å². The number of nitro benzene ring substituents is 1. The molecule has 38 heavy (non-hydrogen) atoms. The van der Waals surface area contributed by atoms with E-state index in [1.807, 2.05) is 18.2 Å². The van der Waals surface area contributed by atoms with E-state index in [1.54, 1.807) is 51.1 Å². The minimum atomic E-state index is -4.24. The van der Waals surface area contributed by atoms with Crippen molar-refractivity contribution in [3.05, 3.63) is 101 Å². The summed E-state index contributed by atoms with van der Waals surface area (Å²) in [6.45, 7) is 4.64. The van der Waals surface area contributed by atoms with E-state index in [4.69, 9.17) is 0 Å². The lowest BCUT2D eigenvalue weighted by Crippen LogP contribution is -2.52. The van der Waals surface area contributed by atoms with Crippen molar-refractivity contribution in [1.82, 2.24) is 10.2 Å². The molecule has 2 amide bonds. The average Bonchev–Trinajstić information content (AvgIpc) is 2.90. The summed E-state index contributed by atoms with van der Waals surface area (Å²) in [5, 5.41) is 13.9. The van der Waals surface area contributed by atoms with E-state index in [2.05, 4.69) is 5.32 Å². The molecule has 0 aromatic heterocycles. The molecule has 0 fully saturated rings. The average molecular weight is 539 g/mol. The van der Waals surface area contributed by atoms with Crippen molar-refractivity contribution in [2.45, 2.75) is 44.3 Å². The van der Waals surface area contributed by atoms with Crippen LogP contribution in [0, 0.1) is 10.1 Å². The van der Waals surface area contributed by atoms with Crippen LogP contribution in [0.15, 0.2) is 89.8 Å². The summed E-state index contributed by atoms with van der Waals surface area (Å²) in [6, 6.07) is 20.5. The maximum absolute atomic E-state index is 13.7. The van der Waals surface area contributed by atoms with Gasteiger partial charge in [0.25, 0.3) is 15.7 Å². The lowest BCUT2D eigenvalue weighted by atomic mass is 10.1. The molecule has 3 aromatic rings. The normalized spacial score (nSPS) is 12.0. The Morgan fingerprint density at radius 3 is 1.97 bits per heavy atom. The van der Waals surface area contributed by atoms with Crippen LogP contribution in [-0.2, 0) is 26.2 Å². The second-order valence-electron chi connectivity index (χ2n) is 8.94. The van der Waals surface area contributed by atoms with Gasteiger partial charge in [-0.25, -0.2) is 8.42 Å². The Labute approximate surface area is 222 Å². The third-order valence-corrected chi connectivity index (χ3v) is 7.54. The largest absolute Gasteiger partial charge is 0.352 e. The molecule has 0 aliphatic carbocycles. The molecule has 10 nitrogen and oxygen atoms in total. The van der Waals surface area contributed by atoms with Gasteiger partial charge in [0.05, 0.1) is 15.5 Å². The summed E-state index contributed by atoms with van der Waals surface area (Å²) in [6.07, 6.45) is 0. The molecular formula is C27H30N4O6S. The smallest absolute Gasteiger partial charge is 0.269 e. The van der Waals surface area contributed by atoms with Crippen molar-refractivity contribution in [2.75, 3.05) is 10.8 Å². The van der Waals surface area contributed by atoms with Crippen molar-refractivity contribution in [3.63, 3.8) is 0 Å². The van der Waals surface area contributed by atoms with Gasteiger partial charge in [0.2, 0.25) is 11.8 Å². The number of amides is 2. The topological polar surface area (TPSA) is 130 Å². The number of benzene rings is 3. The van der Waals surface area contributed by atoms with Gasteiger partial charge in [0.15, 0.2) is 0 Å². The highest BCUT2D eigenvalue weighted by molar-refractivity contribution is 7.92.